The zero-order valence-corrected chi connectivity index (χ0v) is 29.1. The van der Waals surface area contributed by atoms with Crippen LogP contribution in [0.2, 0.25) is 0 Å². The third-order valence-electron chi connectivity index (χ3n) is 9.92. The van der Waals surface area contributed by atoms with E-state index < -0.39 is 5.92 Å². The van der Waals surface area contributed by atoms with Crippen LogP contribution in [0.25, 0.3) is 78.7 Å². The molecule has 0 saturated heterocycles. The van der Waals surface area contributed by atoms with Crippen LogP contribution >= 0.6 is 0 Å². The maximum Gasteiger partial charge on any atom is 0.299 e. The molecule has 7 heteroatoms. The van der Waals surface area contributed by atoms with Crippen molar-refractivity contribution < 1.29 is 8.78 Å². The lowest BCUT2D eigenvalue weighted by molar-refractivity contribution is 0.0480. The van der Waals surface area contributed by atoms with Gasteiger partial charge in [0.1, 0.15) is 0 Å². The zero-order valence-electron chi connectivity index (χ0n) is 29.1. The summed E-state index contributed by atoms with van der Waals surface area (Å²) >= 11 is 0. The molecule has 1 aromatic heterocycles. The lowest BCUT2D eigenvalue weighted by Crippen LogP contribution is -2.10. The van der Waals surface area contributed by atoms with Crippen molar-refractivity contribution >= 4 is 0 Å². The van der Waals surface area contributed by atoms with Crippen molar-refractivity contribution in [1.82, 2.24) is 15.0 Å². The van der Waals surface area contributed by atoms with Gasteiger partial charge in [0, 0.05) is 27.8 Å². The number of benzene rings is 7. The van der Waals surface area contributed by atoms with Gasteiger partial charge in [-0.05, 0) is 99.1 Å². The van der Waals surface area contributed by atoms with Gasteiger partial charge in [0.25, 0.3) is 5.92 Å². The van der Waals surface area contributed by atoms with Crippen molar-refractivity contribution in [2.24, 2.45) is 0 Å². The first-order chi connectivity index (χ1) is 26.9. The van der Waals surface area contributed by atoms with Crippen molar-refractivity contribution in [3.63, 3.8) is 0 Å². The van der Waals surface area contributed by atoms with Crippen LogP contribution in [0.3, 0.4) is 0 Å². The molecular formula is C48H27F2N5. The monoisotopic (exact) mass is 711 g/mol. The molecule has 1 aliphatic rings. The summed E-state index contributed by atoms with van der Waals surface area (Å²) in [5.41, 5.74) is 9.22. The highest BCUT2D eigenvalue weighted by atomic mass is 19.3. The van der Waals surface area contributed by atoms with E-state index >= 15 is 8.78 Å². The van der Waals surface area contributed by atoms with Gasteiger partial charge < -0.3 is 0 Å². The smallest absolute Gasteiger partial charge is 0.208 e. The molecule has 0 atom stereocenters. The van der Waals surface area contributed by atoms with Crippen molar-refractivity contribution in [3.8, 4) is 90.8 Å². The number of aromatic nitrogens is 3. The Morgan fingerprint density at radius 2 is 0.727 bits per heavy atom. The second-order valence-electron chi connectivity index (χ2n) is 13.3. The Balaban J connectivity index is 1.18. The second-order valence-corrected chi connectivity index (χ2v) is 13.3. The fourth-order valence-electron chi connectivity index (χ4n) is 7.09. The second kappa shape index (κ2) is 13.4. The number of nitrogens with zero attached hydrogens (tertiary/aromatic N) is 5. The Morgan fingerprint density at radius 3 is 1.16 bits per heavy atom. The van der Waals surface area contributed by atoms with Crippen LogP contribution in [-0.4, -0.2) is 15.0 Å². The molecule has 0 N–H and O–H groups in total. The Hall–Kier alpha value is -7.61. The summed E-state index contributed by atoms with van der Waals surface area (Å²) in [6, 6.07) is 54.3. The van der Waals surface area contributed by atoms with E-state index in [1.807, 2.05) is 103 Å². The van der Waals surface area contributed by atoms with E-state index in [0.29, 0.717) is 45.3 Å². The molecule has 0 fully saturated rings. The van der Waals surface area contributed by atoms with E-state index in [0.717, 1.165) is 44.5 Å². The summed E-state index contributed by atoms with van der Waals surface area (Å²) in [5.74, 6) is -1.86. The highest BCUT2D eigenvalue weighted by Crippen LogP contribution is 2.53. The molecule has 5 nitrogen and oxygen atoms in total. The van der Waals surface area contributed by atoms with Crippen LogP contribution in [0.15, 0.2) is 164 Å². The number of rotatable bonds is 6. The number of alkyl halides is 2. The standard InChI is InChI=1S/C48H27F2N5/c49-48(50)43-21-19-36(40-24-38(32-15-11-30(28-51)12-16-32)23-39(25-40)33-17-13-31(29-52)14-18-33)26-41(43)42-27-37(20-22-44(42)48)47-54-45(34-7-3-1-4-8-34)53-46(55-47)35-9-5-2-6-10-35/h1-27H. The summed E-state index contributed by atoms with van der Waals surface area (Å²) in [5, 5.41) is 18.8. The van der Waals surface area contributed by atoms with Crippen LogP contribution in [0.1, 0.15) is 22.3 Å². The lowest BCUT2D eigenvalue weighted by Gasteiger charge is -2.14. The Bertz CT molecular complexity index is 2710. The molecule has 0 spiro atoms. The van der Waals surface area contributed by atoms with Crippen LogP contribution in [-0.2, 0) is 5.92 Å². The number of halogens is 2. The van der Waals surface area contributed by atoms with Crippen LogP contribution in [0.4, 0.5) is 8.78 Å². The van der Waals surface area contributed by atoms with Crippen molar-refractivity contribution in [2.75, 3.05) is 0 Å². The van der Waals surface area contributed by atoms with Crippen molar-refractivity contribution in [1.29, 1.82) is 10.5 Å². The normalized spacial score (nSPS) is 12.3. The first-order valence-electron chi connectivity index (χ1n) is 17.6. The molecule has 0 bridgehead atoms. The van der Waals surface area contributed by atoms with E-state index in [9.17, 15) is 10.5 Å². The predicted molar refractivity (Wildman–Crippen MR) is 210 cm³/mol. The van der Waals surface area contributed by atoms with Crippen LogP contribution in [0, 0.1) is 22.7 Å². The van der Waals surface area contributed by atoms with Crippen molar-refractivity contribution in [2.45, 2.75) is 5.92 Å². The van der Waals surface area contributed by atoms with Gasteiger partial charge >= 0.3 is 0 Å². The van der Waals surface area contributed by atoms with Gasteiger partial charge in [0.05, 0.1) is 23.3 Å². The Kier molecular flexibility index (Phi) is 8.11. The third-order valence-corrected chi connectivity index (χ3v) is 9.92. The quantitative estimate of drug-likeness (QED) is 0.171. The van der Waals surface area contributed by atoms with E-state index in [4.69, 9.17) is 15.0 Å². The maximum atomic E-state index is 16.2. The minimum absolute atomic E-state index is 0.0652. The van der Waals surface area contributed by atoms with Gasteiger partial charge in [0.2, 0.25) is 0 Å². The first kappa shape index (κ1) is 33.2. The van der Waals surface area contributed by atoms with E-state index in [-0.39, 0.29) is 11.1 Å². The third kappa shape index (κ3) is 6.10. The summed E-state index contributed by atoms with van der Waals surface area (Å²) in [4.78, 5) is 14.5. The Labute approximate surface area is 316 Å². The van der Waals surface area contributed by atoms with Crippen LogP contribution in [0.5, 0.6) is 0 Å². The lowest BCUT2D eigenvalue weighted by atomic mass is 9.91. The predicted octanol–water partition coefficient (Wildman–Crippen LogP) is 11.7. The number of hydrogen-bond donors (Lipinski definition) is 0. The molecule has 0 aliphatic heterocycles. The summed E-state index contributed by atoms with van der Waals surface area (Å²) in [6.45, 7) is 0. The SMILES string of the molecule is N#Cc1ccc(-c2cc(-c3ccc(C#N)cc3)cc(-c3ccc4c(c3)-c3cc(-c5nc(-c6ccccc6)nc(-c6ccccc6)n5)ccc3C4(F)F)c2)cc1. The molecule has 258 valence electrons. The molecule has 0 saturated carbocycles. The largest absolute Gasteiger partial charge is 0.299 e. The van der Waals surface area contributed by atoms with E-state index in [2.05, 4.69) is 18.2 Å². The Morgan fingerprint density at radius 1 is 0.364 bits per heavy atom. The maximum absolute atomic E-state index is 16.2. The van der Waals surface area contributed by atoms with Gasteiger partial charge in [-0.3, -0.25) is 0 Å². The van der Waals surface area contributed by atoms with Gasteiger partial charge in [-0.1, -0.05) is 109 Å². The topological polar surface area (TPSA) is 86.2 Å². The summed E-state index contributed by atoms with van der Waals surface area (Å²) in [7, 11) is 0. The zero-order chi connectivity index (χ0) is 37.5. The average Bonchev–Trinajstić information content (AvgIpc) is 3.48. The molecule has 7 aromatic carbocycles. The molecule has 55 heavy (non-hydrogen) atoms. The van der Waals surface area contributed by atoms with Gasteiger partial charge in [-0.15, -0.1) is 0 Å². The fraction of sp³-hybridized carbons (Fsp3) is 0.0208. The molecule has 0 unspecified atom stereocenters. The average molecular weight is 712 g/mol. The molecule has 0 amide bonds. The van der Waals surface area contributed by atoms with E-state index in [1.54, 1.807) is 42.5 Å². The molecule has 8 aromatic rings. The fourth-order valence-corrected chi connectivity index (χ4v) is 7.09. The first-order valence-corrected chi connectivity index (χ1v) is 17.6. The summed E-state index contributed by atoms with van der Waals surface area (Å²) in [6.07, 6.45) is 0. The van der Waals surface area contributed by atoms with Gasteiger partial charge in [0.15, 0.2) is 17.5 Å². The summed E-state index contributed by atoms with van der Waals surface area (Å²) < 4.78 is 32.4. The molecule has 0 radical (unpaired) electrons. The number of fused-ring (bicyclic) bond motifs is 3. The number of hydrogen-bond acceptors (Lipinski definition) is 5. The molecule has 9 rings (SSSR count). The molecule has 1 aliphatic carbocycles. The van der Waals surface area contributed by atoms with E-state index in [1.165, 1.54) is 12.1 Å². The van der Waals surface area contributed by atoms with Gasteiger partial charge in [-0.2, -0.15) is 19.3 Å². The minimum atomic E-state index is -3.21. The highest BCUT2D eigenvalue weighted by molar-refractivity contribution is 5.88. The molecule has 1 heterocycles. The van der Waals surface area contributed by atoms with Gasteiger partial charge in [-0.25, -0.2) is 15.0 Å². The number of nitriles is 2. The highest BCUT2D eigenvalue weighted by Gasteiger charge is 2.44. The molecular weight excluding hydrogens is 685 g/mol. The van der Waals surface area contributed by atoms with Crippen molar-refractivity contribution in [3.05, 3.63) is 186 Å². The minimum Gasteiger partial charge on any atom is -0.208 e. The van der Waals surface area contributed by atoms with Crippen LogP contribution < -0.4 is 0 Å².